The molecule has 1 unspecified atom stereocenters. The summed E-state index contributed by atoms with van der Waals surface area (Å²) in [7, 11) is 0. The summed E-state index contributed by atoms with van der Waals surface area (Å²) in [5.41, 5.74) is 3.38. The van der Waals surface area contributed by atoms with E-state index in [9.17, 15) is 14.7 Å². The standard InChI is InChI=1S/C24H30N2O4/c1-16(2)25-24(29)22-6-4-8-23-21(22)7-5-13-26(23)14-19(28)15-30-20-11-9-18(10-12-20)17(3)27/h4,6,8-12,16,19,28H,5,7,13-15H2,1-3H3,(H,25,29). The Balaban J connectivity index is 1.64. The number of hydrogen-bond acceptors (Lipinski definition) is 5. The fraction of sp³-hybridized carbons (Fsp3) is 0.417. The molecule has 2 aromatic carbocycles. The summed E-state index contributed by atoms with van der Waals surface area (Å²) in [6, 6.07) is 12.8. The van der Waals surface area contributed by atoms with Gasteiger partial charge in [-0.15, -0.1) is 0 Å². The highest BCUT2D eigenvalue weighted by Crippen LogP contribution is 2.30. The zero-order valence-electron chi connectivity index (χ0n) is 17.9. The molecule has 0 saturated carbocycles. The van der Waals surface area contributed by atoms with Crippen LogP contribution in [-0.2, 0) is 6.42 Å². The van der Waals surface area contributed by atoms with Crippen molar-refractivity contribution in [1.82, 2.24) is 5.32 Å². The number of nitrogens with zero attached hydrogens (tertiary/aromatic N) is 1. The number of ether oxygens (including phenoxy) is 1. The molecule has 1 amide bonds. The fourth-order valence-corrected chi connectivity index (χ4v) is 3.73. The van der Waals surface area contributed by atoms with Gasteiger partial charge in [0.05, 0.1) is 0 Å². The number of aliphatic hydroxyl groups is 1. The molecule has 6 heteroatoms. The monoisotopic (exact) mass is 410 g/mol. The third-order valence-electron chi connectivity index (χ3n) is 5.15. The summed E-state index contributed by atoms with van der Waals surface area (Å²) in [6.45, 7) is 6.82. The average Bonchev–Trinajstić information content (AvgIpc) is 2.72. The zero-order chi connectivity index (χ0) is 21.7. The van der Waals surface area contributed by atoms with E-state index in [2.05, 4.69) is 10.2 Å². The van der Waals surface area contributed by atoms with Crippen molar-refractivity contribution in [2.45, 2.75) is 45.8 Å². The van der Waals surface area contributed by atoms with Crippen LogP contribution in [-0.4, -0.2) is 48.6 Å². The molecule has 0 bridgehead atoms. The summed E-state index contributed by atoms with van der Waals surface area (Å²) in [6.07, 6.45) is 1.10. The molecular weight excluding hydrogens is 380 g/mol. The number of fused-ring (bicyclic) bond motifs is 1. The van der Waals surface area contributed by atoms with Crippen molar-refractivity contribution in [2.75, 3.05) is 24.6 Å². The first kappa shape index (κ1) is 21.8. The van der Waals surface area contributed by atoms with Crippen LogP contribution in [0.25, 0.3) is 0 Å². The molecule has 2 aromatic rings. The Morgan fingerprint density at radius 3 is 2.57 bits per heavy atom. The van der Waals surface area contributed by atoms with Crippen LogP contribution >= 0.6 is 0 Å². The van der Waals surface area contributed by atoms with E-state index in [1.807, 2.05) is 32.0 Å². The van der Waals surface area contributed by atoms with Gasteiger partial charge in [0.1, 0.15) is 18.5 Å². The highest BCUT2D eigenvalue weighted by molar-refractivity contribution is 5.97. The zero-order valence-corrected chi connectivity index (χ0v) is 17.9. The topological polar surface area (TPSA) is 78.9 Å². The molecule has 0 fully saturated rings. The maximum atomic E-state index is 12.6. The van der Waals surface area contributed by atoms with Gasteiger partial charge in [-0.3, -0.25) is 9.59 Å². The van der Waals surface area contributed by atoms with E-state index >= 15 is 0 Å². The lowest BCUT2D eigenvalue weighted by Gasteiger charge is -2.33. The largest absolute Gasteiger partial charge is 0.491 e. The lowest BCUT2D eigenvalue weighted by Crippen LogP contribution is -2.39. The summed E-state index contributed by atoms with van der Waals surface area (Å²) in [5, 5.41) is 13.5. The smallest absolute Gasteiger partial charge is 0.251 e. The van der Waals surface area contributed by atoms with Crippen molar-refractivity contribution in [2.24, 2.45) is 0 Å². The molecule has 6 nitrogen and oxygen atoms in total. The van der Waals surface area contributed by atoms with Gasteiger partial charge in [-0.25, -0.2) is 0 Å². The van der Waals surface area contributed by atoms with E-state index in [0.29, 0.717) is 23.4 Å². The molecule has 3 rings (SSSR count). The van der Waals surface area contributed by atoms with Gasteiger partial charge >= 0.3 is 0 Å². The number of Topliss-reactive ketones (excluding diaryl/α,β-unsaturated/α-hetero) is 1. The SMILES string of the molecule is CC(=O)c1ccc(OCC(O)CN2CCCc3c(C(=O)NC(C)C)cccc32)cc1. The number of hydrogen-bond donors (Lipinski definition) is 2. The number of nitrogens with one attached hydrogen (secondary N) is 1. The molecule has 0 spiro atoms. The number of aliphatic hydroxyl groups excluding tert-OH is 1. The van der Waals surface area contributed by atoms with Crippen LogP contribution < -0.4 is 15.0 Å². The predicted molar refractivity (Wildman–Crippen MR) is 118 cm³/mol. The number of rotatable bonds is 8. The van der Waals surface area contributed by atoms with Gasteiger partial charge in [0, 0.05) is 35.9 Å². The molecular formula is C24H30N2O4. The highest BCUT2D eigenvalue weighted by atomic mass is 16.5. The summed E-state index contributed by atoms with van der Waals surface area (Å²) < 4.78 is 5.69. The summed E-state index contributed by atoms with van der Waals surface area (Å²) >= 11 is 0. The Labute approximate surface area is 177 Å². The number of carbonyl (C=O) groups excluding carboxylic acids is 2. The van der Waals surface area contributed by atoms with E-state index in [0.717, 1.165) is 30.6 Å². The molecule has 2 N–H and O–H groups in total. The van der Waals surface area contributed by atoms with Crippen molar-refractivity contribution in [1.29, 1.82) is 0 Å². The Morgan fingerprint density at radius 2 is 1.90 bits per heavy atom. The lowest BCUT2D eigenvalue weighted by molar-refractivity contribution is 0.0941. The van der Waals surface area contributed by atoms with Gasteiger partial charge in [-0.05, 0) is 75.6 Å². The normalized spacial score (nSPS) is 14.2. The molecule has 1 aliphatic heterocycles. The van der Waals surface area contributed by atoms with Crippen molar-refractivity contribution in [3.8, 4) is 5.75 Å². The average molecular weight is 411 g/mol. The van der Waals surface area contributed by atoms with Gasteiger partial charge in [0.2, 0.25) is 0 Å². The van der Waals surface area contributed by atoms with Crippen LogP contribution in [0.2, 0.25) is 0 Å². The van der Waals surface area contributed by atoms with Gasteiger partial charge in [-0.1, -0.05) is 6.07 Å². The predicted octanol–water partition coefficient (Wildman–Crippen LogP) is 3.22. The summed E-state index contributed by atoms with van der Waals surface area (Å²) in [5.74, 6) is 0.569. The summed E-state index contributed by atoms with van der Waals surface area (Å²) in [4.78, 5) is 26.0. The third kappa shape index (κ3) is 5.39. The van der Waals surface area contributed by atoms with Crippen LogP contribution in [0.4, 0.5) is 5.69 Å². The number of ketones is 1. The quantitative estimate of drug-likeness (QED) is 0.654. The van der Waals surface area contributed by atoms with E-state index < -0.39 is 6.10 Å². The van der Waals surface area contributed by atoms with Gasteiger partial charge in [0.15, 0.2) is 5.78 Å². The Bertz CT molecular complexity index is 893. The van der Waals surface area contributed by atoms with Crippen molar-refractivity contribution in [3.05, 3.63) is 59.2 Å². The maximum Gasteiger partial charge on any atom is 0.251 e. The molecule has 1 heterocycles. The number of carbonyl (C=O) groups is 2. The molecule has 1 aliphatic rings. The van der Waals surface area contributed by atoms with Crippen molar-refractivity contribution < 1.29 is 19.4 Å². The van der Waals surface area contributed by atoms with E-state index in [4.69, 9.17) is 4.74 Å². The first-order valence-electron chi connectivity index (χ1n) is 10.4. The van der Waals surface area contributed by atoms with Crippen molar-refractivity contribution >= 4 is 17.4 Å². The second kappa shape index (κ2) is 9.76. The number of β-amino-alcohol motifs (C(OH)–C–C–N with tert-alkyl or cyclic N) is 1. The second-order valence-corrected chi connectivity index (χ2v) is 8.03. The van der Waals surface area contributed by atoms with Crippen LogP contribution in [0.5, 0.6) is 5.75 Å². The Morgan fingerprint density at radius 1 is 1.17 bits per heavy atom. The number of amides is 1. The van der Waals surface area contributed by atoms with E-state index in [1.54, 1.807) is 24.3 Å². The van der Waals surface area contributed by atoms with E-state index in [1.165, 1.54) is 6.92 Å². The molecule has 160 valence electrons. The fourth-order valence-electron chi connectivity index (χ4n) is 3.73. The molecule has 0 aromatic heterocycles. The van der Waals surface area contributed by atoms with Crippen molar-refractivity contribution in [3.63, 3.8) is 0 Å². The van der Waals surface area contributed by atoms with Crippen LogP contribution in [0.1, 0.15) is 53.5 Å². The van der Waals surface area contributed by atoms with E-state index in [-0.39, 0.29) is 24.3 Å². The number of benzene rings is 2. The first-order valence-corrected chi connectivity index (χ1v) is 10.4. The third-order valence-corrected chi connectivity index (χ3v) is 5.15. The Kier molecular flexibility index (Phi) is 7.11. The molecule has 0 saturated heterocycles. The highest BCUT2D eigenvalue weighted by Gasteiger charge is 2.24. The van der Waals surface area contributed by atoms with Crippen LogP contribution in [0, 0.1) is 0 Å². The molecule has 1 atom stereocenters. The van der Waals surface area contributed by atoms with Crippen LogP contribution in [0.3, 0.4) is 0 Å². The first-order chi connectivity index (χ1) is 14.3. The van der Waals surface area contributed by atoms with Gasteiger partial charge in [-0.2, -0.15) is 0 Å². The van der Waals surface area contributed by atoms with Gasteiger partial charge in [0.25, 0.3) is 5.91 Å². The minimum absolute atomic E-state index is 0.00629. The van der Waals surface area contributed by atoms with Crippen LogP contribution in [0.15, 0.2) is 42.5 Å². The second-order valence-electron chi connectivity index (χ2n) is 8.03. The lowest BCUT2D eigenvalue weighted by atomic mass is 9.95. The molecule has 0 radical (unpaired) electrons. The minimum Gasteiger partial charge on any atom is -0.491 e. The molecule has 30 heavy (non-hydrogen) atoms. The molecule has 0 aliphatic carbocycles. The van der Waals surface area contributed by atoms with Gasteiger partial charge < -0.3 is 20.1 Å². The maximum absolute atomic E-state index is 12.6. The minimum atomic E-state index is -0.684. The Hall–Kier alpha value is -2.86. The number of anilines is 1.